The number of Topliss-reactive ketones (excluding diaryl/α,β-unsaturated/α-hetero) is 1. The molecule has 0 amide bonds. The molecule has 0 fully saturated rings. The summed E-state index contributed by atoms with van der Waals surface area (Å²) >= 11 is 0. The first-order valence-corrected chi connectivity index (χ1v) is 9.03. The van der Waals surface area contributed by atoms with Gasteiger partial charge in [0.1, 0.15) is 17.2 Å². The minimum absolute atomic E-state index is 0.0416. The van der Waals surface area contributed by atoms with Crippen LogP contribution < -0.4 is 0 Å². The van der Waals surface area contributed by atoms with Crippen LogP contribution in [0.1, 0.15) is 23.6 Å². The summed E-state index contributed by atoms with van der Waals surface area (Å²) in [4.78, 5) is 13.2. The number of carbonyl (C=O) groups excluding carboxylic acids is 1. The number of hydrogen-bond donors (Lipinski definition) is 1. The highest BCUT2D eigenvalue weighted by Gasteiger charge is 2.53. The number of carbonyl (C=O) groups is 1. The smallest absolute Gasteiger partial charge is 0.170 e. The van der Waals surface area contributed by atoms with Crippen molar-refractivity contribution in [2.75, 3.05) is 0 Å². The summed E-state index contributed by atoms with van der Waals surface area (Å²) in [6.45, 7) is 1.55. The van der Waals surface area contributed by atoms with E-state index in [-0.39, 0.29) is 28.1 Å². The second-order valence-electron chi connectivity index (χ2n) is 6.93. The maximum Gasteiger partial charge on any atom is 0.170 e. The molecule has 0 aliphatic heterocycles. The van der Waals surface area contributed by atoms with Crippen LogP contribution in [0.3, 0.4) is 0 Å². The van der Waals surface area contributed by atoms with Gasteiger partial charge in [0.25, 0.3) is 0 Å². The highest BCUT2D eigenvalue weighted by Crippen LogP contribution is 2.53. The molecule has 2 atom stereocenters. The molecule has 0 aromatic heterocycles. The van der Waals surface area contributed by atoms with Crippen molar-refractivity contribution in [2.24, 2.45) is 5.92 Å². The van der Waals surface area contributed by atoms with E-state index in [0.717, 1.165) is 0 Å². The Bertz CT molecular complexity index is 1090. The molecule has 0 spiro atoms. The van der Waals surface area contributed by atoms with Crippen LogP contribution in [0.2, 0.25) is 0 Å². The molecular weight excluding hydrogens is 358 g/mol. The summed E-state index contributed by atoms with van der Waals surface area (Å²) in [5.41, 5.74) is -1.08. The minimum Gasteiger partial charge on any atom is -0.379 e. The molecule has 0 unspecified atom stereocenters. The summed E-state index contributed by atoms with van der Waals surface area (Å²) in [6, 6.07) is 20.5. The van der Waals surface area contributed by atoms with Crippen molar-refractivity contribution in [1.29, 1.82) is 0 Å². The maximum atomic E-state index is 14.8. The largest absolute Gasteiger partial charge is 0.379 e. The molecule has 2 nitrogen and oxygen atoms in total. The van der Waals surface area contributed by atoms with Gasteiger partial charge in [-0.3, -0.25) is 4.79 Å². The number of benzene rings is 3. The van der Waals surface area contributed by atoms with E-state index in [0.29, 0.717) is 5.56 Å². The van der Waals surface area contributed by atoms with E-state index >= 15 is 0 Å². The second-order valence-corrected chi connectivity index (χ2v) is 6.93. The molecule has 0 radical (unpaired) electrons. The lowest BCUT2D eigenvalue weighted by atomic mass is 9.77. The average Bonchev–Trinajstić information content (AvgIpc) is 2.91. The van der Waals surface area contributed by atoms with E-state index in [9.17, 15) is 18.7 Å². The Hall–Kier alpha value is -3.11. The zero-order chi connectivity index (χ0) is 19.9. The Morgan fingerprint density at radius 3 is 2.04 bits per heavy atom. The summed E-state index contributed by atoms with van der Waals surface area (Å²) < 4.78 is 29.5. The predicted octanol–water partition coefficient (Wildman–Crippen LogP) is 4.98. The van der Waals surface area contributed by atoms with Crippen molar-refractivity contribution >= 4 is 16.9 Å². The lowest BCUT2D eigenvalue weighted by Crippen LogP contribution is -2.35. The molecule has 0 bridgehead atoms. The van der Waals surface area contributed by atoms with Crippen LogP contribution in [0.15, 0.2) is 78.9 Å². The summed E-state index contributed by atoms with van der Waals surface area (Å²) in [5.74, 6) is -2.56. The molecule has 4 rings (SSSR count). The topological polar surface area (TPSA) is 37.3 Å². The fraction of sp³-hybridized carbons (Fsp3) is 0.125. The Morgan fingerprint density at radius 2 is 1.39 bits per heavy atom. The van der Waals surface area contributed by atoms with E-state index in [2.05, 4.69) is 0 Å². The molecule has 3 aromatic rings. The van der Waals surface area contributed by atoms with Crippen LogP contribution >= 0.6 is 0 Å². The van der Waals surface area contributed by atoms with Gasteiger partial charge >= 0.3 is 0 Å². The minimum atomic E-state index is -1.99. The molecule has 140 valence electrons. The molecule has 1 aliphatic carbocycles. The Balaban J connectivity index is 2.12. The summed E-state index contributed by atoms with van der Waals surface area (Å²) in [5, 5.41) is 11.8. The van der Waals surface area contributed by atoms with E-state index < -0.39 is 23.2 Å². The van der Waals surface area contributed by atoms with Crippen molar-refractivity contribution in [3.8, 4) is 0 Å². The van der Waals surface area contributed by atoms with Gasteiger partial charge in [0, 0.05) is 22.3 Å². The van der Waals surface area contributed by atoms with Gasteiger partial charge in [-0.05, 0) is 17.7 Å². The number of allylic oxidation sites excluding steroid dienone is 1. The predicted molar refractivity (Wildman–Crippen MR) is 104 cm³/mol. The van der Waals surface area contributed by atoms with Crippen LogP contribution in [0, 0.1) is 17.6 Å². The molecule has 4 heteroatoms. The number of aliphatic hydroxyl groups is 1. The van der Waals surface area contributed by atoms with E-state index in [1.165, 1.54) is 36.4 Å². The third-order valence-corrected chi connectivity index (χ3v) is 5.39. The van der Waals surface area contributed by atoms with Gasteiger partial charge < -0.3 is 5.11 Å². The van der Waals surface area contributed by atoms with Crippen LogP contribution in [0.25, 0.3) is 11.1 Å². The fourth-order valence-electron chi connectivity index (χ4n) is 3.97. The first-order chi connectivity index (χ1) is 13.5. The van der Waals surface area contributed by atoms with Crippen LogP contribution in [-0.2, 0) is 10.4 Å². The van der Waals surface area contributed by atoms with E-state index in [4.69, 9.17) is 0 Å². The number of rotatable bonds is 3. The van der Waals surface area contributed by atoms with Gasteiger partial charge in [-0.2, -0.15) is 0 Å². The highest BCUT2D eigenvalue weighted by molar-refractivity contribution is 6.33. The quantitative estimate of drug-likeness (QED) is 0.700. The molecular formula is C24H18F2O2. The fourth-order valence-corrected chi connectivity index (χ4v) is 3.97. The number of halogens is 2. The normalized spacial score (nSPS) is 22.0. The number of ketones is 1. The third-order valence-electron chi connectivity index (χ3n) is 5.39. The summed E-state index contributed by atoms with van der Waals surface area (Å²) in [6.07, 6.45) is 0. The van der Waals surface area contributed by atoms with Crippen molar-refractivity contribution in [2.45, 2.75) is 12.5 Å². The first kappa shape index (κ1) is 18.3. The average molecular weight is 376 g/mol. The van der Waals surface area contributed by atoms with Crippen LogP contribution in [-0.4, -0.2) is 10.9 Å². The SMILES string of the molecule is C[C@H]1C(=O)C(c2ccccc2)=C(c2ccccc2F)[C@]1(O)c1ccccc1F. The van der Waals surface area contributed by atoms with Gasteiger partial charge in [-0.1, -0.05) is 73.7 Å². The molecule has 28 heavy (non-hydrogen) atoms. The Morgan fingerprint density at radius 1 is 0.821 bits per heavy atom. The van der Waals surface area contributed by atoms with Gasteiger partial charge in [-0.15, -0.1) is 0 Å². The second kappa shape index (κ2) is 6.80. The van der Waals surface area contributed by atoms with Gasteiger partial charge in [0.15, 0.2) is 5.78 Å². The van der Waals surface area contributed by atoms with Crippen molar-refractivity contribution in [3.05, 3.63) is 107 Å². The lowest BCUT2D eigenvalue weighted by Gasteiger charge is -2.31. The molecule has 0 heterocycles. The van der Waals surface area contributed by atoms with Crippen molar-refractivity contribution in [1.82, 2.24) is 0 Å². The Kier molecular flexibility index (Phi) is 4.44. The molecule has 0 saturated heterocycles. The van der Waals surface area contributed by atoms with Crippen LogP contribution in [0.4, 0.5) is 8.78 Å². The standard InChI is InChI=1S/C24H18F2O2/c1-15-23(27)21(16-9-3-2-4-10-16)22(17-11-5-7-13-19(17)25)24(15,28)18-12-6-8-14-20(18)26/h2-15,28H,1H3/t15-,24+/m0/s1. The zero-order valence-electron chi connectivity index (χ0n) is 15.2. The van der Waals surface area contributed by atoms with E-state index in [1.54, 1.807) is 49.4 Å². The summed E-state index contributed by atoms with van der Waals surface area (Å²) in [7, 11) is 0. The molecule has 3 aromatic carbocycles. The molecule has 0 saturated carbocycles. The third kappa shape index (κ3) is 2.60. The Labute approximate surface area is 161 Å². The van der Waals surface area contributed by atoms with Gasteiger partial charge in [0.2, 0.25) is 0 Å². The maximum absolute atomic E-state index is 14.8. The lowest BCUT2D eigenvalue weighted by molar-refractivity contribution is -0.121. The van der Waals surface area contributed by atoms with Gasteiger partial charge in [0.05, 0.1) is 5.92 Å². The van der Waals surface area contributed by atoms with Crippen LogP contribution in [0.5, 0.6) is 0 Å². The van der Waals surface area contributed by atoms with E-state index in [1.807, 2.05) is 0 Å². The van der Waals surface area contributed by atoms with Crippen molar-refractivity contribution in [3.63, 3.8) is 0 Å². The monoisotopic (exact) mass is 376 g/mol. The molecule has 1 aliphatic rings. The zero-order valence-corrected chi connectivity index (χ0v) is 15.2. The van der Waals surface area contributed by atoms with Crippen molar-refractivity contribution < 1.29 is 18.7 Å². The highest BCUT2D eigenvalue weighted by atomic mass is 19.1. The van der Waals surface area contributed by atoms with Gasteiger partial charge in [-0.25, -0.2) is 8.78 Å². The molecule has 1 N–H and O–H groups in total. The number of hydrogen-bond acceptors (Lipinski definition) is 2. The first-order valence-electron chi connectivity index (χ1n) is 9.03.